The fourth-order valence-electron chi connectivity index (χ4n) is 1.87. The summed E-state index contributed by atoms with van der Waals surface area (Å²) >= 11 is 3.11. The molecule has 0 aliphatic heterocycles. The van der Waals surface area contributed by atoms with Gasteiger partial charge in [-0.05, 0) is 28.1 Å². The first-order valence-corrected chi connectivity index (χ1v) is 6.70. The Morgan fingerprint density at radius 1 is 1.15 bits per heavy atom. The number of para-hydroxylation sites is 1. The van der Waals surface area contributed by atoms with E-state index in [1.807, 2.05) is 30.3 Å². The van der Waals surface area contributed by atoms with Crippen molar-refractivity contribution in [1.29, 1.82) is 0 Å². The molecular formula is C15H10BrFN2O. The van der Waals surface area contributed by atoms with Crippen LogP contribution < -0.4 is 10.5 Å². The maximum atomic E-state index is 13.3. The van der Waals surface area contributed by atoms with Gasteiger partial charge in [-0.3, -0.25) is 4.98 Å². The Balaban J connectivity index is 1.99. The summed E-state index contributed by atoms with van der Waals surface area (Å²) in [5, 5.41) is 0.963. The number of hydrogen-bond acceptors (Lipinski definition) is 3. The standard InChI is InChI=1S/C15H10BrFN2O/c16-11-6-15(13(18)7-12(11)17)20-10-5-9-3-1-2-4-14(9)19-8-10/h1-8H,18H2. The molecular weight excluding hydrogens is 323 g/mol. The molecule has 0 saturated carbocycles. The quantitative estimate of drug-likeness (QED) is 0.702. The molecule has 0 spiro atoms. The summed E-state index contributed by atoms with van der Waals surface area (Å²) < 4.78 is 19.3. The van der Waals surface area contributed by atoms with Gasteiger partial charge in [0.05, 0.1) is 21.9 Å². The third kappa shape index (κ3) is 2.44. The molecule has 100 valence electrons. The number of ether oxygens (including phenoxy) is 1. The summed E-state index contributed by atoms with van der Waals surface area (Å²) in [6, 6.07) is 12.3. The summed E-state index contributed by atoms with van der Waals surface area (Å²) in [5.41, 5.74) is 6.86. The number of nitrogens with zero attached hydrogens (tertiary/aromatic N) is 1. The highest BCUT2D eigenvalue weighted by Gasteiger charge is 2.08. The normalized spacial score (nSPS) is 10.7. The molecule has 2 aromatic carbocycles. The first-order valence-electron chi connectivity index (χ1n) is 5.90. The van der Waals surface area contributed by atoms with Crippen molar-refractivity contribution in [2.45, 2.75) is 0 Å². The van der Waals surface area contributed by atoms with E-state index in [1.165, 1.54) is 12.1 Å². The average Bonchev–Trinajstić information content (AvgIpc) is 2.44. The molecule has 5 heteroatoms. The molecule has 0 aliphatic carbocycles. The second kappa shape index (κ2) is 5.09. The van der Waals surface area contributed by atoms with Crippen molar-refractivity contribution in [2.24, 2.45) is 0 Å². The minimum Gasteiger partial charge on any atom is -0.454 e. The van der Waals surface area contributed by atoms with Crippen LogP contribution >= 0.6 is 15.9 Å². The van der Waals surface area contributed by atoms with Gasteiger partial charge in [0, 0.05) is 17.5 Å². The molecule has 0 bridgehead atoms. The number of benzene rings is 2. The highest BCUT2D eigenvalue weighted by Crippen LogP contribution is 2.32. The largest absolute Gasteiger partial charge is 0.454 e. The van der Waals surface area contributed by atoms with Gasteiger partial charge in [0.2, 0.25) is 0 Å². The van der Waals surface area contributed by atoms with Gasteiger partial charge in [-0.2, -0.15) is 0 Å². The van der Waals surface area contributed by atoms with E-state index in [9.17, 15) is 4.39 Å². The molecule has 0 aliphatic rings. The maximum Gasteiger partial charge on any atom is 0.151 e. The minimum atomic E-state index is -0.425. The molecule has 0 fully saturated rings. The van der Waals surface area contributed by atoms with E-state index in [4.69, 9.17) is 10.5 Å². The van der Waals surface area contributed by atoms with Crippen molar-refractivity contribution < 1.29 is 9.13 Å². The molecule has 0 amide bonds. The van der Waals surface area contributed by atoms with E-state index in [2.05, 4.69) is 20.9 Å². The summed E-state index contributed by atoms with van der Waals surface area (Å²) in [6.07, 6.45) is 1.61. The van der Waals surface area contributed by atoms with Gasteiger partial charge < -0.3 is 10.5 Å². The molecule has 1 aromatic heterocycles. The smallest absolute Gasteiger partial charge is 0.151 e. The minimum absolute atomic E-state index is 0.235. The Kier molecular flexibility index (Phi) is 3.28. The van der Waals surface area contributed by atoms with Crippen LogP contribution in [0.2, 0.25) is 0 Å². The lowest BCUT2D eigenvalue weighted by molar-refractivity contribution is 0.481. The summed E-state index contributed by atoms with van der Waals surface area (Å²) in [5.74, 6) is 0.510. The number of nitrogens with two attached hydrogens (primary N) is 1. The predicted molar refractivity (Wildman–Crippen MR) is 80.3 cm³/mol. The van der Waals surface area contributed by atoms with Gasteiger partial charge in [-0.25, -0.2) is 4.39 Å². The van der Waals surface area contributed by atoms with Crippen molar-refractivity contribution in [3.05, 3.63) is 59.0 Å². The highest BCUT2D eigenvalue weighted by atomic mass is 79.9. The monoisotopic (exact) mass is 332 g/mol. The summed E-state index contributed by atoms with van der Waals surface area (Å²) in [4.78, 5) is 4.30. The van der Waals surface area contributed by atoms with Crippen LogP contribution in [-0.2, 0) is 0 Å². The van der Waals surface area contributed by atoms with Crippen LogP contribution in [0, 0.1) is 5.82 Å². The fraction of sp³-hybridized carbons (Fsp3) is 0. The third-order valence-electron chi connectivity index (χ3n) is 2.85. The fourth-order valence-corrected chi connectivity index (χ4v) is 2.19. The first-order chi connectivity index (χ1) is 9.63. The molecule has 1 heterocycles. The number of anilines is 1. The molecule has 20 heavy (non-hydrogen) atoms. The lowest BCUT2D eigenvalue weighted by Crippen LogP contribution is -1.94. The van der Waals surface area contributed by atoms with Gasteiger partial charge in [0.25, 0.3) is 0 Å². The highest BCUT2D eigenvalue weighted by molar-refractivity contribution is 9.10. The molecule has 2 N–H and O–H groups in total. The molecule has 3 aromatic rings. The predicted octanol–water partition coefficient (Wildman–Crippen LogP) is 4.51. The number of rotatable bonds is 2. The number of pyridine rings is 1. The number of halogens is 2. The Morgan fingerprint density at radius 2 is 1.95 bits per heavy atom. The Bertz CT molecular complexity index is 792. The van der Waals surface area contributed by atoms with E-state index in [0.29, 0.717) is 16.0 Å². The molecule has 0 radical (unpaired) electrons. The molecule has 0 saturated heterocycles. The van der Waals surface area contributed by atoms with Crippen molar-refractivity contribution in [2.75, 3.05) is 5.73 Å². The van der Waals surface area contributed by atoms with Gasteiger partial charge >= 0.3 is 0 Å². The van der Waals surface area contributed by atoms with Gasteiger partial charge in [-0.15, -0.1) is 0 Å². The number of aromatic nitrogens is 1. The van der Waals surface area contributed by atoms with Crippen LogP contribution in [-0.4, -0.2) is 4.98 Å². The van der Waals surface area contributed by atoms with Crippen LogP contribution in [0.1, 0.15) is 0 Å². The lowest BCUT2D eigenvalue weighted by Gasteiger charge is -2.09. The van der Waals surface area contributed by atoms with E-state index < -0.39 is 5.82 Å². The summed E-state index contributed by atoms with van der Waals surface area (Å²) in [6.45, 7) is 0. The van der Waals surface area contributed by atoms with Gasteiger partial charge in [0.1, 0.15) is 11.6 Å². The molecule has 0 atom stereocenters. The first kappa shape index (κ1) is 12.9. The summed E-state index contributed by atoms with van der Waals surface area (Å²) in [7, 11) is 0. The Morgan fingerprint density at radius 3 is 2.80 bits per heavy atom. The third-order valence-corrected chi connectivity index (χ3v) is 3.45. The van der Waals surface area contributed by atoms with Crippen LogP contribution in [0.3, 0.4) is 0 Å². The number of nitrogen functional groups attached to an aromatic ring is 1. The number of hydrogen-bond donors (Lipinski definition) is 1. The zero-order valence-electron chi connectivity index (χ0n) is 10.3. The SMILES string of the molecule is Nc1cc(F)c(Br)cc1Oc1cnc2ccccc2c1. The van der Waals surface area contributed by atoms with Crippen molar-refractivity contribution in [3.8, 4) is 11.5 Å². The van der Waals surface area contributed by atoms with Crippen LogP contribution in [0.4, 0.5) is 10.1 Å². The van der Waals surface area contributed by atoms with Crippen LogP contribution in [0.15, 0.2) is 53.1 Å². The van der Waals surface area contributed by atoms with Crippen molar-refractivity contribution in [1.82, 2.24) is 4.98 Å². The van der Waals surface area contributed by atoms with Crippen molar-refractivity contribution >= 4 is 32.5 Å². The van der Waals surface area contributed by atoms with Gasteiger partial charge in [0.15, 0.2) is 5.75 Å². The van der Waals surface area contributed by atoms with Crippen LogP contribution in [0.5, 0.6) is 11.5 Å². The second-order valence-electron chi connectivity index (χ2n) is 4.27. The zero-order chi connectivity index (χ0) is 14.1. The molecule has 3 rings (SSSR count). The average molecular weight is 333 g/mol. The maximum absolute atomic E-state index is 13.3. The zero-order valence-corrected chi connectivity index (χ0v) is 11.9. The van der Waals surface area contributed by atoms with Gasteiger partial charge in [-0.1, -0.05) is 18.2 Å². The van der Waals surface area contributed by atoms with E-state index >= 15 is 0 Å². The van der Waals surface area contributed by atoms with Crippen molar-refractivity contribution in [3.63, 3.8) is 0 Å². The topological polar surface area (TPSA) is 48.1 Å². The lowest BCUT2D eigenvalue weighted by atomic mass is 10.2. The van der Waals surface area contributed by atoms with E-state index in [-0.39, 0.29) is 5.69 Å². The van der Waals surface area contributed by atoms with E-state index in [0.717, 1.165) is 10.9 Å². The number of fused-ring (bicyclic) bond motifs is 1. The Labute approximate surface area is 123 Å². The van der Waals surface area contributed by atoms with Crippen LogP contribution in [0.25, 0.3) is 10.9 Å². The Hall–Kier alpha value is -2.14. The second-order valence-corrected chi connectivity index (χ2v) is 5.12. The molecule has 3 nitrogen and oxygen atoms in total. The molecule has 0 unspecified atom stereocenters. The van der Waals surface area contributed by atoms with E-state index in [1.54, 1.807) is 6.20 Å².